The van der Waals surface area contributed by atoms with Gasteiger partial charge < -0.3 is 4.74 Å². The lowest BCUT2D eigenvalue weighted by Gasteiger charge is -2.41. The lowest BCUT2D eigenvalue weighted by molar-refractivity contribution is 0.0521. The molecular weight excluding hydrogens is 348 g/mol. The Balaban J connectivity index is 1.72. The fourth-order valence-corrected chi connectivity index (χ4v) is 4.30. The molecule has 3 aromatic rings. The molecule has 2 aliphatic heterocycles. The number of ether oxygens (including phenoxy) is 1. The van der Waals surface area contributed by atoms with Crippen molar-refractivity contribution in [3.05, 3.63) is 101 Å². The number of rotatable bonds is 2. The number of carbonyl (C=O) groups excluding carboxylic acids is 1. The molecule has 1 spiro atoms. The number of aryl methyl sites for hydroxylation is 1. The Kier molecular flexibility index (Phi) is 3.86. The van der Waals surface area contributed by atoms with Gasteiger partial charge in [0.05, 0.1) is 12.1 Å². The summed E-state index contributed by atoms with van der Waals surface area (Å²) in [5, 5.41) is 8.96. The van der Waals surface area contributed by atoms with Gasteiger partial charge >= 0.3 is 0 Å². The number of Topliss-reactive ketones (excluding diaryl/α,β-unsaturated/α-hetero) is 1. The Labute approximate surface area is 163 Å². The first-order valence-electron chi connectivity index (χ1n) is 9.51. The molecule has 2 aliphatic rings. The van der Waals surface area contributed by atoms with E-state index in [2.05, 4.69) is 41.4 Å². The van der Waals surface area contributed by atoms with E-state index < -0.39 is 11.6 Å². The highest BCUT2D eigenvalue weighted by molar-refractivity contribution is 6.08. The summed E-state index contributed by atoms with van der Waals surface area (Å²) in [6.07, 6.45) is -0.520. The Hall–Kier alpha value is -3.27. The smallest absolute Gasteiger partial charge is 0.200 e. The van der Waals surface area contributed by atoms with Crippen LogP contribution in [0.2, 0.25) is 0 Å². The van der Waals surface area contributed by atoms with Gasteiger partial charge in [0.1, 0.15) is 5.75 Å². The van der Waals surface area contributed by atoms with Crippen LogP contribution in [0, 0.1) is 6.92 Å². The van der Waals surface area contributed by atoms with Crippen molar-refractivity contribution < 1.29 is 9.53 Å². The highest BCUT2D eigenvalue weighted by Crippen LogP contribution is 2.52. The maximum absolute atomic E-state index is 13.8. The number of fused-ring (bicyclic) bond motifs is 1. The Morgan fingerprint density at radius 1 is 0.893 bits per heavy atom. The Morgan fingerprint density at radius 3 is 2.39 bits per heavy atom. The fourth-order valence-electron chi connectivity index (χ4n) is 4.30. The second-order valence-corrected chi connectivity index (χ2v) is 7.45. The minimum atomic E-state index is -1.09. The van der Waals surface area contributed by atoms with E-state index in [-0.39, 0.29) is 11.7 Å². The van der Waals surface area contributed by atoms with Crippen molar-refractivity contribution in [2.75, 3.05) is 6.54 Å². The number of ketones is 1. The summed E-state index contributed by atoms with van der Waals surface area (Å²) in [5.74, 6) is 0.422. The number of carbonyl (C=O) groups is 1. The SMILES string of the molecule is Cc1ccc([C@@H]2CN=N[C@@]23C(=O)c2ccccc2O[C@@H]3c2ccccc2)cc1. The molecule has 0 aliphatic carbocycles. The van der Waals surface area contributed by atoms with Crippen molar-refractivity contribution in [3.8, 4) is 5.75 Å². The highest BCUT2D eigenvalue weighted by Gasteiger charge is 2.60. The highest BCUT2D eigenvalue weighted by atomic mass is 16.5. The van der Waals surface area contributed by atoms with Gasteiger partial charge in [-0.2, -0.15) is 10.2 Å². The third-order valence-electron chi connectivity index (χ3n) is 5.75. The van der Waals surface area contributed by atoms with Gasteiger partial charge in [-0.05, 0) is 30.2 Å². The average Bonchev–Trinajstić information content (AvgIpc) is 3.17. The van der Waals surface area contributed by atoms with Crippen LogP contribution in [0.1, 0.15) is 39.1 Å². The monoisotopic (exact) mass is 368 g/mol. The molecule has 0 aromatic heterocycles. The first-order chi connectivity index (χ1) is 13.7. The molecule has 0 saturated heterocycles. The summed E-state index contributed by atoms with van der Waals surface area (Å²) in [4.78, 5) is 13.8. The largest absolute Gasteiger partial charge is 0.482 e. The first-order valence-corrected chi connectivity index (χ1v) is 9.51. The summed E-state index contributed by atoms with van der Waals surface area (Å²) in [6, 6.07) is 25.6. The predicted octanol–water partition coefficient (Wildman–Crippen LogP) is 5.30. The molecule has 3 atom stereocenters. The van der Waals surface area contributed by atoms with Crippen LogP contribution >= 0.6 is 0 Å². The molecule has 0 unspecified atom stereocenters. The molecule has 4 heteroatoms. The van der Waals surface area contributed by atoms with Crippen LogP contribution in [-0.4, -0.2) is 17.9 Å². The molecule has 0 amide bonds. The average molecular weight is 368 g/mol. The molecule has 0 radical (unpaired) electrons. The van der Waals surface area contributed by atoms with Crippen LogP contribution in [-0.2, 0) is 0 Å². The van der Waals surface area contributed by atoms with E-state index >= 15 is 0 Å². The third kappa shape index (κ3) is 2.41. The summed E-state index contributed by atoms with van der Waals surface area (Å²) in [5.41, 5.74) is 2.66. The number of azo groups is 1. The molecule has 0 N–H and O–H groups in total. The minimum Gasteiger partial charge on any atom is -0.482 e. The van der Waals surface area contributed by atoms with Crippen LogP contribution in [0.4, 0.5) is 0 Å². The molecule has 3 aromatic carbocycles. The van der Waals surface area contributed by atoms with Gasteiger partial charge in [-0.15, -0.1) is 0 Å². The fraction of sp³-hybridized carbons (Fsp3) is 0.208. The molecule has 138 valence electrons. The van der Waals surface area contributed by atoms with Gasteiger partial charge in [0.15, 0.2) is 11.6 Å². The quantitative estimate of drug-likeness (QED) is 0.616. The zero-order chi connectivity index (χ0) is 19.1. The van der Waals surface area contributed by atoms with Crippen molar-refractivity contribution in [3.63, 3.8) is 0 Å². The van der Waals surface area contributed by atoms with E-state index in [9.17, 15) is 4.79 Å². The molecule has 0 fully saturated rings. The summed E-state index contributed by atoms with van der Waals surface area (Å²) < 4.78 is 6.43. The number of para-hydroxylation sites is 1. The van der Waals surface area contributed by atoms with Crippen molar-refractivity contribution in [1.29, 1.82) is 0 Å². The molecule has 2 heterocycles. The Morgan fingerprint density at radius 2 is 1.61 bits per heavy atom. The van der Waals surface area contributed by atoms with Crippen molar-refractivity contribution >= 4 is 5.78 Å². The first kappa shape index (κ1) is 16.9. The molecule has 4 nitrogen and oxygen atoms in total. The van der Waals surface area contributed by atoms with Crippen LogP contribution in [0.5, 0.6) is 5.75 Å². The summed E-state index contributed by atoms with van der Waals surface area (Å²) >= 11 is 0. The van der Waals surface area contributed by atoms with E-state index in [4.69, 9.17) is 4.74 Å². The van der Waals surface area contributed by atoms with Gasteiger partial charge in [0.2, 0.25) is 5.78 Å². The summed E-state index contributed by atoms with van der Waals surface area (Å²) in [6.45, 7) is 2.53. The normalized spacial score (nSPS) is 25.5. The van der Waals surface area contributed by atoms with Crippen molar-refractivity contribution in [2.45, 2.75) is 24.5 Å². The van der Waals surface area contributed by atoms with Gasteiger partial charge in [-0.1, -0.05) is 72.3 Å². The van der Waals surface area contributed by atoms with Gasteiger partial charge in [0, 0.05) is 5.92 Å². The molecule has 0 bridgehead atoms. The van der Waals surface area contributed by atoms with E-state index in [1.165, 1.54) is 5.56 Å². The standard InChI is InChI=1S/C24H20N2O2/c1-16-11-13-17(14-12-16)20-15-25-26-24(20)22(27)19-9-5-6-10-21(19)28-23(24)18-7-3-2-4-8-18/h2-14,20,23H,15H2,1H3/t20-,23+,24+/m0/s1. The number of nitrogens with zero attached hydrogens (tertiary/aromatic N) is 2. The molecular formula is C24H20N2O2. The topological polar surface area (TPSA) is 51.0 Å². The number of hydrogen-bond donors (Lipinski definition) is 0. The van der Waals surface area contributed by atoms with Crippen LogP contribution < -0.4 is 4.74 Å². The molecule has 5 rings (SSSR count). The van der Waals surface area contributed by atoms with E-state index in [0.717, 1.165) is 11.1 Å². The van der Waals surface area contributed by atoms with Crippen molar-refractivity contribution in [1.82, 2.24) is 0 Å². The predicted molar refractivity (Wildman–Crippen MR) is 107 cm³/mol. The second-order valence-electron chi connectivity index (χ2n) is 7.45. The number of benzene rings is 3. The zero-order valence-electron chi connectivity index (χ0n) is 15.6. The number of hydrogen-bond acceptors (Lipinski definition) is 4. The lowest BCUT2D eigenvalue weighted by Crippen LogP contribution is -2.51. The van der Waals surface area contributed by atoms with Gasteiger partial charge in [-0.25, -0.2) is 0 Å². The maximum atomic E-state index is 13.8. The minimum absolute atomic E-state index is 0.0185. The van der Waals surface area contributed by atoms with Gasteiger partial charge in [0.25, 0.3) is 0 Å². The Bertz CT molecular complexity index is 1060. The van der Waals surface area contributed by atoms with Crippen LogP contribution in [0.15, 0.2) is 89.1 Å². The van der Waals surface area contributed by atoms with Crippen LogP contribution in [0.25, 0.3) is 0 Å². The van der Waals surface area contributed by atoms with Crippen LogP contribution in [0.3, 0.4) is 0 Å². The summed E-state index contributed by atoms with van der Waals surface area (Å²) in [7, 11) is 0. The van der Waals surface area contributed by atoms with Gasteiger partial charge in [-0.3, -0.25) is 4.79 Å². The molecule has 28 heavy (non-hydrogen) atoms. The van der Waals surface area contributed by atoms with E-state index in [1.54, 1.807) is 0 Å². The zero-order valence-corrected chi connectivity index (χ0v) is 15.6. The van der Waals surface area contributed by atoms with E-state index in [0.29, 0.717) is 17.9 Å². The lowest BCUT2D eigenvalue weighted by atomic mass is 9.69. The maximum Gasteiger partial charge on any atom is 0.200 e. The molecule has 0 saturated carbocycles. The van der Waals surface area contributed by atoms with Crippen molar-refractivity contribution in [2.24, 2.45) is 10.2 Å². The third-order valence-corrected chi connectivity index (χ3v) is 5.75. The van der Waals surface area contributed by atoms with E-state index in [1.807, 2.05) is 54.6 Å². The second kappa shape index (κ2) is 6.41.